The lowest BCUT2D eigenvalue weighted by molar-refractivity contribution is 0.856. The van der Waals surface area contributed by atoms with Crippen LogP contribution in [0.15, 0.2) is 29.1 Å². The van der Waals surface area contributed by atoms with E-state index in [9.17, 15) is 4.79 Å². The van der Waals surface area contributed by atoms with E-state index in [1.807, 2.05) is 6.92 Å². The van der Waals surface area contributed by atoms with Crippen LogP contribution in [0.1, 0.15) is 35.9 Å². The summed E-state index contributed by atoms with van der Waals surface area (Å²) in [5.74, 6) is 0. The Balaban J connectivity index is 1.99. The number of nitrogens with zero attached hydrogens (tertiary/aromatic N) is 2. The topological polar surface area (TPSA) is 50.2 Å². The van der Waals surface area contributed by atoms with Crippen LogP contribution in [-0.4, -0.2) is 14.6 Å². The summed E-state index contributed by atoms with van der Waals surface area (Å²) in [4.78, 5) is 17.4. The van der Waals surface area contributed by atoms with Crippen molar-refractivity contribution in [2.24, 2.45) is 0 Å². The van der Waals surface area contributed by atoms with Crippen molar-refractivity contribution in [1.29, 1.82) is 0 Å². The van der Waals surface area contributed by atoms with Crippen molar-refractivity contribution < 1.29 is 0 Å². The summed E-state index contributed by atoms with van der Waals surface area (Å²) in [5, 5.41) is 3.19. The van der Waals surface area contributed by atoms with E-state index in [1.54, 1.807) is 4.52 Å². The first-order chi connectivity index (χ1) is 10.7. The van der Waals surface area contributed by atoms with Gasteiger partial charge in [0.25, 0.3) is 5.56 Å². The molecule has 22 heavy (non-hydrogen) atoms. The van der Waals surface area contributed by atoms with Crippen molar-refractivity contribution in [1.82, 2.24) is 14.6 Å². The molecule has 3 aromatic rings. The van der Waals surface area contributed by atoms with Gasteiger partial charge in [0.15, 0.2) is 5.65 Å². The molecular weight excluding hydrogens is 274 g/mol. The second-order valence-corrected chi connectivity index (χ2v) is 6.02. The molecule has 0 unspecified atom stereocenters. The lowest BCUT2D eigenvalue weighted by Gasteiger charge is -2.04. The fraction of sp³-hybridized carbons (Fsp3) is 0.333. The van der Waals surface area contributed by atoms with Crippen LogP contribution in [0.4, 0.5) is 0 Å². The molecule has 1 aromatic carbocycles. The minimum Gasteiger partial charge on any atom is -0.293 e. The Kier molecular flexibility index (Phi) is 2.93. The number of hydrogen-bond donors (Lipinski definition) is 1. The van der Waals surface area contributed by atoms with Gasteiger partial charge in [0.05, 0.1) is 5.69 Å². The van der Waals surface area contributed by atoms with E-state index >= 15 is 0 Å². The van der Waals surface area contributed by atoms with Gasteiger partial charge in [-0.05, 0) is 43.7 Å². The third kappa shape index (κ3) is 1.83. The predicted molar refractivity (Wildman–Crippen MR) is 87.4 cm³/mol. The number of aromatic nitrogens is 3. The van der Waals surface area contributed by atoms with E-state index in [4.69, 9.17) is 4.98 Å². The molecule has 1 aliphatic rings. The van der Waals surface area contributed by atoms with Gasteiger partial charge in [-0.15, -0.1) is 0 Å². The number of hydrogen-bond acceptors (Lipinski definition) is 2. The Morgan fingerprint density at radius 2 is 2.00 bits per heavy atom. The second kappa shape index (κ2) is 4.83. The first-order valence-electron chi connectivity index (χ1n) is 7.91. The van der Waals surface area contributed by atoms with E-state index < -0.39 is 0 Å². The van der Waals surface area contributed by atoms with Crippen molar-refractivity contribution >= 4 is 5.65 Å². The third-order valence-corrected chi connectivity index (χ3v) is 4.63. The molecule has 4 rings (SSSR count). The molecule has 2 heterocycles. The fourth-order valence-corrected chi connectivity index (χ4v) is 3.41. The highest BCUT2D eigenvalue weighted by atomic mass is 16.1. The van der Waals surface area contributed by atoms with Crippen LogP contribution in [-0.2, 0) is 19.3 Å². The van der Waals surface area contributed by atoms with Gasteiger partial charge < -0.3 is 0 Å². The molecule has 112 valence electrons. The maximum absolute atomic E-state index is 12.6. The number of rotatable bonds is 2. The zero-order valence-corrected chi connectivity index (χ0v) is 12.9. The Hall–Kier alpha value is -2.36. The van der Waals surface area contributed by atoms with Gasteiger partial charge in [-0.25, -0.2) is 9.50 Å². The van der Waals surface area contributed by atoms with Crippen LogP contribution < -0.4 is 5.56 Å². The number of aromatic amines is 1. The monoisotopic (exact) mass is 293 g/mol. The summed E-state index contributed by atoms with van der Waals surface area (Å²) in [6, 6.07) is 8.52. The Labute approximate surface area is 128 Å². The van der Waals surface area contributed by atoms with Gasteiger partial charge in [0, 0.05) is 16.8 Å². The number of fused-ring (bicyclic) bond motifs is 2. The molecule has 4 nitrogen and oxygen atoms in total. The summed E-state index contributed by atoms with van der Waals surface area (Å²) in [7, 11) is 0. The number of nitrogens with one attached hydrogen (secondary N) is 1. The van der Waals surface area contributed by atoms with Crippen LogP contribution in [0.25, 0.3) is 16.8 Å². The number of benzene rings is 1. The quantitative estimate of drug-likeness (QED) is 0.789. The molecule has 0 spiro atoms. The number of aryl methyl sites for hydroxylation is 3. The largest absolute Gasteiger partial charge is 0.293 e. The highest BCUT2D eigenvalue weighted by molar-refractivity contribution is 5.80. The van der Waals surface area contributed by atoms with E-state index in [2.05, 4.69) is 36.3 Å². The molecule has 1 N–H and O–H groups in total. The fourth-order valence-electron chi connectivity index (χ4n) is 3.41. The van der Waals surface area contributed by atoms with Crippen molar-refractivity contribution in [2.45, 2.75) is 39.5 Å². The van der Waals surface area contributed by atoms with E-state index in [-0.39, 0.29) is 5.56 Å². The Morgan fingerprint density at radius 1 is 1.23 bits per heavy atom. The molecule has 0 saturated heterocycles. The normalized spacial score (nSPS) is 13.7. The van der Waals surface area contributed by atoms with Crippen LogP contribution in [0, 0.1) is 6.92 Å². The minimum absolute atomic E-state index is 0.0667. The van der Waals surface area contributed by atoms with Gasteiger partial charge in [-0.2, -0.15) is 0 Å². The lowest BCUT2D eigenvalue weighted by Crippen LogP contribution is -2.20. The minimum atomic E-state index is 0.0667. The average molecular weight is 293 g/mol. The summed E-state index contributed by atoms with van der Waals surface area (Å²) in [5.41, 5.74) is 7.13. The molecule has 0 saturated carbocycles. The molecule has 2 aromatic heterocycles. The summed E-state index contributed by atoms with van der Waals surface area (Å²) in [6.45, 7) is 4.15. The summed E-state index contributed by atoms with van der Waals surface area (Å²) < 4.78 is 1.61. The molecule has 0 amide bonds. The van der Waals surface area contributed by atoms with Crippen molar-refractivity contribution in [3.05, 3.63) is 57.1 Å². The first-order valence-corrected chi connectivity index (χ1v) is 7.91. The molecule has 1 aliphatic carbocycles. The second-order valence-electron chi connectivity index (χ2n) is 6.02. The van der Waals surface area contributed by atoms with Crippen LogP contribution in [0.2, 0.25) is 0 Å². The molecule has 0 atom stereocenters. The van der Waals surface area contributed by atoms with Gasteiger partial charge in [0.2, 0.25) is 0 Å². The SMILES string of the molecule is CCc1ccc(-c2c(C)[nH]n3c(=O)c4c(nc23)CCC4)cc1. The Morgan fingerprint density at radius 3 is 2.73 bits per heavy atom. The third-order valence-electron chi connectivity index (χ3n) is 4.63. The Bertz CT molecular complexity index is 916. The highest BCUT2D eigenvalue weighted by Crippen LogP contribution is 2.28. The zero-order chi connectivity index (χ0) is 15.3. The van der Waals surface area contributed by atoms with Crippen LogP contribution >= 0.6 is 0 Å². The summed E-state index contributed by atoms with van der Waals surface area (Å²) in [6.07, 6.45) is 3.82. The maximum Gasteiger partial charge on any atom is 0.276 e. The molecule has 4 heteroatoms. The number of H-pyrrole nitrogens is 1. The van der Waals surface area contributed by atoms with Crippen molar-refractivity contribution in [3.8, 4) is 11.1 Å². The van der Waals surface area contributed by atoms with Crippen molar-refractivity contribution in [3.63, 3.8) is 0 Å². The molecule has 0 fully saturated rings. The van der Waals surface area contributed by atoms with Gasteiger partial charge >= 0.3 is 0 Å². The summed E-state index contributed by atoms with van der Waals surface area (Å²) >= 11 is 0. The standard InChI is InChI=1S/C18H19N3O/c1-3-12-7-9-13(10-8-12)16-11(2)20-21-17(16)19-15-6-4-5-14(15)18(21)22/h7-10,20H,3-6H2,1-2H3. The molecular formula is C18H19N3O. The highest BCUT2D eigenvalue weighted by Gasteiger charge is 2.21. The maximum atomic E-state index is 12.6. The molecule has 0 aliphatic heterocycles. The lowest BCUT2D eigenvalue weighted by atomic mass is 10.0. The van der Waals surface area contributed by atoms with Gasteiger partial charge in [-0.1, -0.05) is 31.2 Å². The average Bonchev–Trinajstić information content (AvgIpc) is 3.12. The van der Waals surface area contributed by atoms with Crippen LogP contribution in [0.3, 0.4) is 0 Å². The molecule has 0 bridgehead atoms. The zero-order valence-electron chi connectivity index (χ0n) is 12.9. The first kappa shape index (κ1) is 13.3. The van der Waals surface area contributed by atoms with E-state index in [0.717, 1.165) is 59.4 Å². The predicted octanol–water partition coefficient (Wildman–Crippen LogP) is 3.05. The van der Waals surface area contributed by atoms with E-state index in [1.165, 1.54) is 5.56 Å². The smallest absolute Gasteiger partial charge is 0.276 e. The molecule has 0 radical (unpaired) electrons. The van der Waals surface area contributed by atoms with Crippen molar-refractivity contribution in [2.75, 3.05) is 0 Å². The van der Waals surface area contributed by atoms with Crippen LogP contribution in [0.5, 0.6) is 0 Å². The van der Waals surface area contributed by atoms with Gasteiger partial charge in [-0.3, -0.25) is 9.89 Å². The van der Waals surface area contributed by atoms with E-state index in [0.29, 0.717) is 0 Å². The van der Waals surface area contributed by atoms with Gasteiger partial charge in [0.1, 0.15) is 0 Å².